The van der Waals surface area contributed by atoms with E-state index in [1.54, 1.807) is 12.1 Å². The molecule has 0 saturated heterocycles. The molecule has 6 nitrogen and oxygen atoms in total. The van der Waals surface area contributed by atoms with E-state index in [0.717, 1.165) is 5.56 Å². The molecule has 0 aromatic heterocycles. The minimum Gasteiger partial charge on any atom is -0.480 e. The number of carboxylic acids is 1. The second-order valence-electron chi connectivity index (χ2n) is 3.66. The molecular weight excluding hydrogens is 258 g/mol. The van der Waals surface area contributed by atoms with Crippen molar-refractivity contribution in [1.29, 1.82) is 0 Å². The number of rotatable bonds is 7. The van der Waals surface area contributed by atoms with E-state index in [0.29, 0.717) is 0 Å². The van der Waals surface area contributed by atoms with Crippen LogP contribution < -0.4 is 4.72 Å². The van der Waals surface area contributed by atoms with Gasteiger partial charge in [-0.05, 0) is 19.1 Å². The monoisotopic (exact) mass is 273 g/mol. The summed E-state index contributed by atoms with van der Waals surface area (Å²) in [7, 11) is -3.56. The highest BCUT2D eigenvalue weighted by Crippen LogP contribution is 2.09. The third-order valence-electron chi connectivity index (χ3n) is 2.10. The highest BCUT2D eigenvalue weighted by atomic mass is 32.2. The fourth-order valence-corrected chi connectivity index (χ4v) is 2.22. The van der Waals surface area contributed by atoms with Crippen molar-refractivity contribution in [2.75, 3.05) is 19.8 Å². The topological polar surface area (TPSA) is 92.7 Å². The van der Waals surface area contributed by atoms with Crippen LogP contribution in [0.5, 0.6) is 0 Å². The first-order valence-corrected chi connectivity index (χ1v) is 6.76. The Morgan fingerprint density at radius 3 is 2.50 bits per heavy atom. The average Bonchev–Trinajstić information content (AvgIpc) is 2.28. The summed E-state index contributed by atoms with van der Waals surface area (Å²) in [5, 5.41) is 8.31. The zero-order valence-corrected chi connectivity index (χ0v) is 10.7. The molecule has 1 rings (SSSR count). The van der Waals surface area contributed by atoms with Crippen molar-refractivity contribution >= 4 is 16.0 Å². The summed E-state index contributed by atoms with van der Waals surface area (Å²) in [4.78, 5) is 10.3. The Balaban J connectivity index is 2.45. The van der Waals surface area contributed by atoms with Crippen molar-refractivity contribution in [1.82, 2.24) is 4.72 Å². The van der Waals surface area contributed by atoms with E-state index in [4.69, 9.17) is 9.84 Å². The molecule has 2 N–H and O–H groups in total. The number of carboxylic acid groups (broad SMARTS) is 1. The van der Waals surface area contributed by atoms with E-state index in [1.807, 2.05) is 6.92 Å². The highest BCUT2D eigenvalue weighted by molar-refractivity contribution is 7.89. The molecule has 0 radical (unpaired) electrons. The molecule has 0 heterocycles. The molecule has 0 aliphatic heterocycles. The lowest BCUT2D eigenvalue weighted by Gasteiger charge is -2.06. The normalized spacial score (nSPS) is 11.4. The molecular formula is C11H15NO5S. The minimum absolute atomic E-state index is 0.0113. The van der Waals surface area contributed by atoms with Gasteiger partial charge in [-0.1, -0.05) is 17.7 Å². The predicted molar refractivity (Wildman–Crippen MR) is 64.8 cm³/mol. The van der Waals surface area contributed by atoms with Crippen LogP contribution in [-0.2, 0) is 19.6 Å². The van der Waals surface area contributed by atoms with Crippen molar-refractivity contribution in [3.63, 3.8) is 0 Å². The van der Waals surface area contributed by atoms with Gasteiger partial charge in [-0.25, -0.2) is 17.9 Å². The Hall–Kier alpha value is -1.44. The summed E-state index contributed by atoms with van der Waals surface area (Å²) in [6, 6.07) is 6.43. The Morgan fingerprint density at radius 1 is 1.33 bits per heavy atom. The Bertz CT molecular complexity index is 495. The lowest BCUT2D eigenvalue weighted by atomic mass is 10.2. The van der Waals surface area contributed by atoms with Crippen LogP contribution in [0.3, 0.4) is 0 Å². The zero-order chi connectivity index (χ0) is 13.6. The van der Waals surface area contributed by atoms with Gasteiger partial charge in [0.1, 0.15) is 6.61 Å². The maximum Gasteiger partial charge on any atom is 0.329 e. The van der Waals surface area contributed by atoms with Gasteiger partial charge in [-0.15, -0.1) is 0 Å². The van der Waals surface area contributed by atoms with Crippen LogP contribution in [0.15, 0.2) is 29.2 Å². The number of carbonyl (C=O) groups is 1. The number of sulfonamides is 1. The van der Waals surface area contributed by atoms with Crippen molar-refractivity contribution in [2.24, 2.45) is 0 Å². The standard InChI is InChI=1S/C11H15NO5S/c1-9-2-4-10(5-3-9)18(15,16)12-6-7-17-8-11(13)14/h2-5,12H,6-8H2,1H3,(H,13,14). The molecule has 0 spiro atoms. The van der Waals surface area contributed by atoms with Crippen LogP contribution in [-0.4, -0.2) is 39.3 Å². The summed E-state index contributed by atoms with van der Waals surface area (Å²) in [6.45, 7) is 1.47. The van der Waals surface area contributed by atoms with Crippen LogP contribution in [0.2, 0.25) is 0 Å². The molecule has 18 heavy (non-hydrogen) atoms. The van der Waals surface area contributed by atoms with E-state index < -0.39 is 22.6 Å². The number of aryl methyl sites for hydroxylation is 1. The molecule has 0 amide bonds. The molecule has 100 valence electrons. The van der Waals surface area contributed by atoms with Gasteiger partial charge < -0.3 is 9.84 Å². The maximum atomic E-state index is 11.8. The maximum absolute atomic E-state index is 11.8. The SMILES string of the molecule is Cc1ccc(S(=O)(=O)NCCOCC(=O)O)cc1. The quantitative estimate of drug-likeness (QED) is 0.700. The largest absolute Gasteiger partial charge is 0.480 e. The molecule has 1 aromatic rings. The lowest BCUT2D eigenvalue weighted by molar-refractivity contribution is -0.142. The van der Waals surface area contributed by atoms with Gasteiger partial charge in [-0.2, -0.15) is 0 Å². The average molecular weight is 273 g/mol. The molecule has 0 aliphatic rings. The first-order valence-electron chi connectivity index (χ1n) is 5.28. The van der Waals surface area contributed by atoms with Gasteiger partial charge in [0, 0.05) is 6.54 Å². The van der Waals surface area contributed by atoms with Gasteiger partial charge in [-0.3, -0.25) is 0 Å². The highest BCUT2D eigenvalue weighted by Gasteiger charge is 2.12. The summed E-state index contributed by atoms with van der Waals surface area (Å²) in [6.07, 6.45) is 0. The van der Waals surface area contributed by atoms with Gasteiger partial charge in [0.25, 0.3) is 0 Å². The van der Waals surface area contributed by atoms with Gasteiger partial charge in [0.15, 0.2) is 0 Å². The van der Waals surface area contributed by atoms with Gasteiger partial charge >= 0.3 is 5.97 Å². The van der Waals surface area contributed by atoms with E-state index in [-0.39, 0.29) is 18.0 Å². The predicted octanol–water partition coefficient (Wildman–Crippen LogP) is 0.375. The lowest BCUT2D eigenvalue weighted by Crippen LogP contribution is -2.28. The molecule has 7 heteroatoms. The number of aliphatic carboxylic acids is 1. The van der Waals surface area contributed by atoms with Crippen LogP contribution in [0, 0.1) is 6.92 Å². The van der Waals surface area contributed by atoms with E-state index in [9.17, 15) is 13.2 Å². The Morgan fingerprint density at radius 2 is 1.94 bits per heavy atom. The fourth-order valence-electron chi connectivity index (χ4n) is 1.21. The fraction of sp³-hybridized carbons (Fsp3) is 0.364. The number of nitrogens with one attached hydrogen (secondary N) is 1. The van der Waals surface area contributed by atoms with Crippen LogP contribution in [0.25, 0.3) is 0 Å². The molecule has 1 aromatic carbocycles. The van der Waals surface area contributed by atoms with Crippen molar-refractivity contribution in [3.8, 4) is 0 Å². The summed E-state index contributed by atoms with van der Waals surface area (Å²) < 4.78 is 30.6. The zero-order valence-electron chi connectivity index (χ0n) is 9.92. The number of benzene rings is 1. The van der Waals surface area contributed by atoms with Gasteiger partial charge in [0.05, 0.1) is 11.5 Å². The molecule has 0 aliphatic carbocycles. The second kappa shape index (κ2) is 6.48. The smallest absolute Gasteiger partial charge is 0.329 e. The first kappa shape index (κ1) is 14.6. The number of hydrogen-bond donors (Lipinski definition) is 2. The molecule has 0 fully saturated rings. The molecule has 0 bridgehead atoms. The van der Waals surface area contributed by atoms with Crippen molar-refractivity contribution in [2.45, 2.75) is 11.8 Å². The summed E-state index contributed by atoms with van der Waals surface area (Å²) >= 11 is 0. The van der Waals surface area contributed by atoms with Crippen LogP contribution in [0.4, 0.5) is 0 Å². The third-order valence-corrected chi connectivity index (χ3v) is 3.57. The van der Waals surface area contributed by atoms with E-state index >= 15 is 0 Å². The van der Waals surface area contributed by atoms with E-state index in [1.165, 1.54) is 12.1 Å². The Kier molecular flexibility index (Phi) is 5.26. The number of hydrogen-bond acceptors (Lipinski definition) is 4. The molecule has 0 unspecified atom stereocenters. The summed E-state index contributed by atoms with van der Waals surface area (Å²) in [5.41, 5.74) is 0.971. The van der Waals surface area contributed by atoms with Gasteiger partial charge in [0.2, 0.25) is 10.0 Å². The van der Waals surface area contributed by atoms with Crippen LogP contribution >= 0.6 is 0 Å². The molecule has 0 atom stereocenters. The summed E-state index contributed by atoms with van der Waals surface area (Å²) in [5.74, 6) is -1.09. The van der Waals surface area contributed by atoms with Crippen molar-refractivity contribution < 1.29 is 23.1 Å². The third kappa shape index (κ3) is 4.82. The first-order chi connectivity index (χ1) is 8.42. The second-order valence-corrected chi connectivity index (χ2v) is 5.42. The number of ether oxygens (including phenoxy) is 1. The van der Waals surface area contributed by atoms with Crippen LogP contribution in [0.1, 0.15) is 5.56 Å². The van der Waals surface area contributed by atoms with E-state index in [2.05, 4.69) is 4.72 Å². The minimum atomic E-state index is -3.56. The Labute approximate surface area is 106 Å². The molecule has 0 saturated carbocycles. The van der Waals surface area contributed by atoms with Crippen molar-refractivity contribution in [3.05, 3.63) is 29.8 Å².